The summed E-state index contributed by atoms with van der Waals surface area (Å²) in [5, 5.41) is 0. The van der Waals surface area contributed by atoms with Gasteiger partial charge in [0.2, 0.25) is 0 Å². The van der Waals surface area contributed by atoms with Crippen LogP contribution in [0.15, 0.2) is 42.1 Å². The number of carbonyl (C=O) groups is 2. The minimum absolute atomic E-state index is 0.0449. The monoisotopic (exact) mass is 264 g/mol. The van der Waals surface area contributed by atoms with E-state index < -0.39 is 18.2 Å². The molecule has 1 rings (SSSR count). The molecule has 0 aliphatic carbocycles. The van der Waals surface area contributed by atoms with E-state index in [0.717, 1.165) is 6.08 Å². The van der Waals surface area contributed by atoms with Crippen molar-refractivity contribution in [1.82, 2.24) is 0 Å². The van der Waals surface area contributed by atoms with Gasteiger partial charge in [-0.05, 0) is 12.5 Å². The Labute approximate surface area is 111 Å². The van der Waals surface area contributed by atoms with Crippen LogP contribution in [0.1, 0.15) is 18.6 Å². The first kappa shape index (κ1) is 14.6. The average molecular weight is 264 g/mol. The summed E-state index contributed by atoms with van der Waals surface area (Å²) < 4.78 is 9.65. The van der Waals surface area contributed by atoms with Crippen LogP contribution >= 0.6 is 0 Å². The molecule has 1 unspecified atom stereocenters. The fourth-order valence-electron chi connectivity index (χ4n) is 1.47. The van der Waals surface area contributed by atoms with E-state index in [-0.39, 0.29) is 12.3 Å². The third-order valence-corrected chi connectivity index (χ3v) is 2.21. The lowest BCUT2D eigenvalue weighted by Crippen LogP contribution is -2.22. The molecule has 1 amide bonds. The zero-order chi connectivity index (χ0) is 14.3. The van der Waals surface area contributed by atoms with Gasteiger partial charge in [0.25, 0.3) is 0 Å². The van der Waals surface area contributed by atoms with Crippen LogP contribution in [0.25, 0.3) is 0 Å². The maximum atomic E-state index is 11.3. The summed E-state index contributed by atoms with van der Waals surface area (Å²) in [5.74, 6) is -0.603. The maximum absolute atomic E-state index is 11.3. The number of primary amides is 1. The largest absolute Gasteiger partial charge is 0.463 e. The van der Waals surface area contributed by atoms with E-state index in [0.29, 0.717) is 5.56 Å². The predicted octanol–water partition coefficient (Wildman–Crippen LogP) is 1.23. The lowest BCUT2D eigenvalue weighted by molar-refractivity contribution is -0.137. The summed E-state index contributed by atoms with van der Waals surface area (Å²) >= 11 is 0. The van der Waals surface area contributed by atoms with E-state index in [4.69, 9.17) is 20.9 Å². The topological polar surface area (TPSA) is 105 Å². The summed E-state index contributed by atoms with van der Waals surface area (Å²) in [5.41, 5.74) is 11.4. The SMILES string of the molecule is CCOC(=O)/C=C(\N)C(OC(N)=O)c1ccccc1. The highest BCUT2D eigenvalue weighted by Crippen LogP contribution is 2.22. The first-order chi connectivity index (χ1) is 9.04. The van der Waals surface area contributed by atoms with E-state index in [1.54, 1.807) is 37.3 Å². The average Bonchev–Trinajstić information content (AvgIpc) is 2.37. The second-order valence-electron chi connectivity index (χ2n) is 3.62. The fraction of sp³-hybridized carbons (Fsp3) is 0.231. The first-order valence-corrected chi connectivity index (χ1v) is 5.69. The Morgan fingerprint density at radius 1 is 1.26 bits per heavy atom. The van der Waals surface area contributed by atoms with Gasteiger partial charge in [-0.3, -0.25) is 0 Å². The highest BCUT2D eigenvalue weighted by atomic mass is 16.6. The molecule has 102 valence electrons. The van der Waals surface area contributed by atoms with Crippen molar-refractivity contribution in [3.05, 3.63) is 47.7 Å². The van der Waals surface area contributed by atoms with Gasteiger partial charge < -0.3 is 20.9 Å². The Balaban J connectivity index is 2.97. The number of benzene rings is 1. The maximum Gasteiger partial charge on any atom is 0.405 e. The van der Waals surface area contributed by atoms with E-state index in [9.17, 15) is 9.59 Å². The molecule has 1 aromatic rings. The van der Waals surface area contributed by atoms with Crippen molar-refractivity contribution in [2.24, 2.45) is 11.5 Å². The summed E-state index contributed by atoms with van der Waals surface area (Å²) in [6.07, 6.45) is -0.818. The minimum atomic E-state index is -0.978. The van der Waals surface area contributed by atoms with E-state index in [2.05, 4.69) is 0 Å². The van der Waals surface area contributed by atoms with E-state index >= 15 is 0 Å². The van der Waals surface area contributed by atoms with Crippen molar-refractivity contribution >= 4 is 12.1 Å². The van der Waals surface area contributed by atoms with Crippen LogP contribution in [0.4, 0.5) is 4.79 Å². The molecule has 6 heteroatoms. The van der Waals surface area contributed by atoms with E-state index in [1.807, 2.05) is 0 Å². The van der Waals surface area contributed by atoms with Gasteiger partial charge in [-0.15, -0.1) is 0 Å². The van der Waals surface area contributed by atoms with Gasteiger partial charge >= 0.3 is 12.1 Å². The number of nitrogens with two attached hydrogens (primary N) is 2. The fourth-order valence-corrected chi connectivity index (χ4v) is 1.47. The molecule has 0 aliphatic rings. The number of carbonyl (C=O) groups excluding carboxylic acids is 2. The second kappa shape index (κ2) is 7.05. The van der Waals surface area contributed by atoms with Gasteiger partial charge in [-0.1, -0.05) is 30.3 Å². The molecule has 0 bridgehead atoms. The van der Waals surface area contributed by atoms with Crippen LogP contribution in [0.3, 0.4) is 0 Å². The van der Waals surface area contributed by atoms with Crippen LogP contribution in [-0.4, -0.2) is 18.7 Å². The standard InChI is InChI=1S/C13H16N2O4/c1-2-18-11(16)8-10(14)12(19-13(15)17)9-6-4-3-5-7-9/h3-8,12H,2,14H2,1H3,(H2,15,17)/b10-8-. The van der Waals surface area contributed by atoms with Crippen molar-refractivity contribution in [2.45, 2.75) is 13.0 Å². The Bertz CT molecular complexity index is 471. The first-order valence-electron chi connectivity index (χ1n) is 5.69. The van der Waals surface area contributed by atoms with Crippen molar-refractivity contribution in [3.63, 3.8) is 0 Å². The summed E-state index contributed by atoms with van der Waals surface area (Å²) in [7, 11) is 0. The van der Waals surface area contributed by atoms with Crippen LogP contribution in [-0.2, 0) is 14.3 Å². The number of rotatable bonds is 5. The highest BCUT2D eigenvalue weighted by molar-refractivity contribution is 5.83. The molecule has 0 saturated carbocycles. The number of amides is 1. The van der Waals surface area contributed by atoms with Crippen LogP contribution in [0.5, 0.6) is 0 Å². The molecule has 0 fully saturated rings. The summed E-state index contributed by atoms with van der Waals surface area (Å²) in [4.78, 5) is 22.2. The van der Waals surface area contributed by atoms with Crippen LogP contribution in [0, 0.1) is 0 Å². The molecule has 0 aromatic heterocycles. The number of ether oxygens (including phenoxy) is 2. The molecule has 1 aromatic carbocycles. The summed E-state index contributed by atoms with van der Waals surface area (Å²) in [6, 6.07) is 8.73. The van der Waals surface area contributed by atoms with Gasteiger partial charge in [-0.25, -0.2) is 9.59 Å². The zero-order valence-corrected chi connectivity index (χ0v) is 10.5. The van der Waals surface area contributed by atoms with Gasteiger partial charge in [-0.2, -0.15) is 0 Å². The van der Waals surface area contributed by atoms with Gasteiger partial charge in [0, 0.05) is 6.08 Å². The highest BCUT2D eigenvalue weighted by Gasteiger charge is 2.19. The lowest BCUT2D eigenvalue weighted by Gasteiger charge is -2.17. The van der Waals surface area contributed by atoms with Crippen molar-refractivity contribution < 1.29 is 19.1 Å². The van der Waals surface area contributed by atoms with Gasteiger partial charge in [0.15, 0.2) is 6.10 Å². The summed E-state index contributed by atoms with van der Waals surface area (Å²) in [6.45, 7) is 1.91. The minimum Gasteiger partial charge on any atom is -0.463 e. The smallest absolute Gasteiger partial charge is 0.405 e. The molecule has 0 radical (unpaired) electrons. The normalized spacial score (nSPS) is 12.6. The Hall–Kier alpha value is -2.50. The van der Waals surface area contributed by atoms with Gasteiger partial charge in [0.05, 0.1) is 12.3 Å². The molecule has 6 nitrogen and oxygen atoms in total. The molecule has 4 N–H and O–H groups in total. The Morgan fingerprint density at radius 3 is 2.42 bits per heavy atom. The zero-order valence-electron chi connectivity index (χ0n) is 10.5. The molecule has 0 heterocycles. The van der Waals surface area contributed by atoms with Crippen LogP contribution in [0.2, 0.25) is 0 Å². The van der Waals surface area contributed by atoms with Crippen molar-refractivity contribution in [2.75, 3.05) is 6.61 Å². The molecular weight excluding hydrogens is 248 g/mol. The predicted molar refractivity (Wildman–Crippen MR) is 68.8 cm³/mol. The van der Waals surface area contributed by atoms with E-state index in [1.165, 1.54) is 0 Å². The number of hydrogen-bond acceptors (Lipinski definition) is 5. The van der Waals surface area contributed by atoms with Crippen molar-refractivity contribution in [1.29, 1.82) is 0 Å². The molecular formula is C13H16N2O4. The molecule has 19 heavy (non-hydrogen) atoms. The number of hydrogen-bond donors (Lipinski definition) is 2. The Morgan fingerprint density at radius 2 is 1.89 bits per heavy atom. The van der Waals surface area contributed by atoms with Crippen LogP contribution < -0.4 is 11.5 Å². The third kappa shape index (κ3) is 4.71. The lowest BCUT2D eigenvalue weighted by atomic mass is 10.1. The number of esters is 1. The second-order valence-corrected chi connectivity index (χ2v) is 3.62. The molecule has 1 atom stereocenters. The molecule has 0 aliphatic heterocycles. The quantitative estimate of drug-likeness (QED) is 0.614. The Kier molecular flexibility index (Phi) is 5.40. The van der Waals surface area contributed by atoms with Crippen molar-refractivity contribution in [3.8, 4) is 0 Å². The third-order valence-electron chi connectivity index (χ3n) is 2.21. The van der Waals surface area contributed by atoms with Gasteiger partial charge in [0.1, 0.15) is 0 Å². The molecule has 0 spiro atoms. The molecule has 0 saturated heterocycles.